The van der Waals surface area contributed by atoms with Gasteiger partial charge in [0.05, 0.1) is 4.90 Å². The summed E-state index contributed by atoms with van der Waals surface area (Å²) in [5, 5.41) is 0. The highest BCUT2D eigenvalue weighted by Crippen LogP contribution is 2.29. The fraction of sp³-hybridized carbons (Fsp3) is 0.600. The van der Waals surface area contributed by atoms with Gasteiger partial charge in [0.15, 0.2) is 0 Å². The van der Waals surface area contributed by atoms with Crippen molar-refractivity contribution in [1.82, 2.24) is 4.31 Å². The molecule has 0 spiro atoms. The van der Waals surface area contributed by atoms with Gasteiger partial charge in [0.25, 0.3) is 0 Å². The summed E-state index contributed by atoms with van der Waals surface area (Å²) in [5.74, 6) is 0.470. The Morgan fingerprint density at radius 2 is 1.75 bits per heavy atom. The summed E-state index contributed by atoms with van der Waals surface area (Å²) >= 11 is 0. The lowest BCUT2D eigenvalue weighted by Crippen LogP contribution is -2.30. The SMILES string of the molecule is Cc1cc(N)c(C)c(S(=O)(=O)N(C)CCC(C)C)c1C. The van der Waals surface area contributed by atoms with Crippen LogP contribution in [0.15, 0.2) is 11.0 Å². The third kappa shape index (κ3) is 3.33. The zero-order valence-corrected chi connectivity index (χ0v) is 14.1. The van der Waals surface area contributed by atoms with E-state index in [0.717, 1.165) is 17.5 Å². The van der Waals surface area contributed by atoms with E-state index in [1.807, 2.05) is 19.9 Å². The molecule has 0 saturated carbocycles. The smallest absolute Gasteiger partial charge is 0.243 e. The van der Waals surface area contributed by atoms with E-state index in [-0.39, 0.29) is 0 Å². The minimum absolute atomic E-state index is 0.362. The van der Waals surface area contributed by atoms with Crippen molar-refractivity contribution in [3.8, 4) is 0 Å². The molecule has 0 aliphatic carbocycles. The molecule has 0 fully saturated rings. The molecule has 114 valence electrons. The Hall–Kier alpha value is -1.07. The topological polar surface area (TPSA) is 63.4 Å². The lowest BCUT2D eigenvalue weighted by molar-refractivity contribution is 0.427. The molecule has 2 N–H and O–H groups in total. The number of nitrogen functional groups attached to an aromatic ring is 1. The number of hydrogen-bond acceptors (Lipinski definition) is 3. The molecular weight excluding hydrogens is 272 g/mol. The summed E-state index contributed by atoms with van der Waals surface area (Å²) in [5.41, 5.74) is 8.79. The predicted octanol–water partition coefficient (Wildman–Crippen LogP) is 2.86. The fourth-order valence-corrected chi connectivity index (χ4v) is 3.85. The number of aryl methyl sites for hydroxylation is 1. The molecule has 0 aromatic heterocycles. The average Bonchev–Trinajstić information content (AvgIpc) is 2.33. The number of rotatable bonds is 5. The van der Waals surface area contributed by atoms with E-state index in [1.54, 1.807) is 14.0 Å². The van der Waals surface area contributed by atoms with E-state index in [9.17, 15) is 8.42 Å². The molecule has 0 atom stereocenters. The Labute approximate surface area is 123 Å². The van der Waals surface area contributed by atoms with E-state index in [4.69, 9.17) is 5.73 Å². The molecule has 20 heavy (non-hydrogen) atoms. The van der Waals surface area contributed by atoms with Gasteiger partial charge in [-0.3, -0.25) is 0 Å². The van der Waals surface area contributed by atoms with E-state index in [2.05, 4.69) is 13.8 Å². The maximum atomic E-state index is 12.8. The molecule has 0 aliphatic heterocycles. The normalized spacial score (nSPS) is 12.4. The first-order valence-corrected chi connectivity index (χ1v) is 8.35. The lowest BCUT2D eigenvalue weighted by atomic mass is 10.1. The third-order valence-corrected chi connectivity index (χ3v) is 5.90. The summed E-state index contributed by atoms with van der Waals surface area (Å²) < 4.78 is 27.0. The number of benzene rings is 1. The first kappa shape index (κ1) is 17.0. The summed E-state index contributed by atoms with van der Waals surface area (Å²) in [4.78, 5) is 0.362. The van der Waals surface area contributed by atoms with E-state index >= 15 is 0 Å². The molecule has 0 bridgehead atoms. The van der Waals surface area contributed by atoms with Gasteiger partial charge in [0.2, 0.25) is 10.0 Å². The molecule has 0 aliphatic rings. The maximum Gasteiger partial charge on any atom is 0.243 e. The number of nitrogens with zero attached hydrogens (tertiary/aromatic N) is 1. The summed E-state index contributed by atoms with van der Waals surface area (Å²) in [6, 6.07) is 1.83. The molecule has 5 heteroatoms. The van der Waals surface area contributed by atoms with Crippen molar-refractivity contribution in [3.63, 3.8) is 0 Å². The molecule has 1 aromatic carbocycles. The van der Waals surface area contributed by atoms with Crippen molar-refractivity contribution < 1.29 is 8.42 Å². The van der Waals surface area contributed by atoms with Crippen molar-refractivity contribution in [2.45, 2.75) is 45.9 Å². The highest BCUT2D eigenvalue weighted by Gasteiger charge is 2.26. The Kier molecular flexibility index (Phi) is 5.21. The van der Waals surface area contributed by atoms with Gasteiger partial charge in [-0.2, -0.15) is 0 Å². The predicted molar refractivity (Wildman–Crippen MR) is 84.3 cm³/mol. The van der Waals surface area contributed by atoms with Crippen molar-refractivity contribution in [2.24, 2.45) is 5.92 Å². The van der Waals surface area contributed by atoms with Crippen LogP contribution in [0.3, 0.4) is 0 Å². The Balaban J connectivity index is 3.29. The van der Waals surface area contributed by atoms with Crippen molar-refractivity contribution in [1.29, 1.82) is 0 Å². The van der Waals surface area contributed by atoms with E-state index in [0.29, 0.717) is 28.6 Å². The average molecular weight is 298 g/mol. The van der Waals surface area contributed by atoms with Gasteiger partial charge in [-0.25, -0.2) is 12.7 Å². The molecule has 1 aromatic rings. The number of hydrogen-bond donors (Lipinski definition) is 1. The van der Waals surface area contributed by atoms with E-state index in [1.165, 1.54) is 4.31 Å². The molecule has 0 saturated heterocycles. The molecule has 4 nitrogen and oxygen atoms in total. The van der Waals surface area contributed by atoms with Crippen LogP contribution in [0.2, 0.25) is 0 Å². The molecule has 0 heterocycles. The van der Waals surface area contributed by atoms with E-state index < -0.39 is 10.0 Å². The highest BCUT2D eigenvalue weighted by molar-refractivity contribution is 7.89. The van der Waals surface area contributed by atoms with Crippen LogP contribution in [0.25, 0.3) is 0 Å². The summed E-state index contributed by atoms with van der Waals surface area (Å²) in [6.45, 7) is 10.2. The van der Waals surface area contributed by atoms with Crippen LogP contribution in [-0.4, -0.2) is 26.3 Å². The second-order valence-corrected chi connectivity index (χ2v) is 7.85. The molecule has 1 rings (SSSR count). The van der Waals surface area contributed by atoms with Gasteiger partial charge in [0, 0.05) is 19.3 Å². The maximum absolute atomic E-state index is 12.8. The number of sulfonamides is 1. The second kappa shape index (κ2) is 6.14. The Bertz CT molecular complexity index is 566. The van der Waals surface area contributed by atoms with Gasteiger partial charge in [0.1, 0.15) is 0 Å². The summed E-state index contributed by atoms with van der Waals surface area (Å²) in [6.07, 6.45) is 0.842. The van der Waals surface area contributed by atoms with Gasteiger partial charge < -0.3 is 5.73 Å². The van der Waals surface area contributed by atoms with Gasteiger partial charge in [-0.15, -0.1) is 0 Å². The molecular formula is C15H26N2O2S. The monoisotopic (exact) mass is 298 g/mol. The third-order valence-electron chi connectivity index (χ3n) is 3.77. The summed E-state index contributed by atoms with van der Waals surface area (Å²) in [7, 11) is -1.85. The zero-order valence-electron chi connectivity index (χ0n) is 13.3. The van der Waals surface area contributed by atoms with Gasteiger partial charge in [-0.05, 0) is 55.9 Å². The van der Waals surface area contributed by atoms with Crippen LogP contribution >= 0.6 is 0 Å². The Morgan fingerprint density at radius 1 is 1.20 bits per heavy atom. The quantitative estimate of drug-likeness (QED) is 0.850. The minimum Gasteiger partial charge on any atom is -0.398 e. The largest absolute Gasteiger partial charge is 0.398 e. The van der Waals surface area contributed by atoms with Crippen molar-refractivity contribution >= 4 is 15.7 Å². The number of nitrogens with two attached hydrogens (primary N) is 1. The van der Waals surface area contributed by atoms with Gasteiger partial charge >= 0.3 is 0 Å². The molecule has 0 amide bonds. The fourth-order valence-electron chi connectivity index (χ4n) is 2.14. The van der Waals surface area contributed by atoms with Crippen molar-refractivity contribution in [2.75, 3.05) is 19.3 Å². The standard InChI is InChI=1S/C15H26N2O2S/c1-10(2)7-8-17(6)20(18,19)15-12(4)11(3)9-14(16)13(15)5/h9-10H,7-8,16H2,1-6H3. The van der Waals surface area contributed by atoms with Crippen molar-refractivity contribution in [3.05, 3.63) is 22.8 Å². The zero-order chi connectivity index (χ0) is 15.7. The van der Waals surface area contributed by atoms with Crippen LogP contribution in [0.5, 0.6) is 0 Å². The van der Waals surface area contributed by atoms with Gasteiger partial charge in [-0.1, -0.05) is 13.8 Å². The van der Waals surface area contributed by atoms with Crippen LogP contribution in [-0.2, 0) is 10.0 Å². The van der Waals surface area contributed by atoms with Crippen LogP contribution in [0, 0.1) is 26.7 Å². The van der Waals surface area contributed by atoms with Crippen LogP contribution < -0.4 is 5.73 Å². The lowest BCUT2D eigenvalue weighted by Gasteiger charge is -2.22. The molecule has 0 unspecified atom stereocenters. The van der Waals surface area contributed by atoms with Crippen LogP contribution in [0.1, 0.15) is 37.0 Å². The highest BCUT2D eigenvalue weighted by atomic mass is 32.2. The first-order chi connectivity index (χ1) is 9.09. The van der Waals surface area contributed by atoms with Crippen LogP contribution in [0.4, 0.5) is 5.69 Å². The number of anilines is 1. The minimum atomic E-state index is -3.49. The molecule has 0 radical (unpaired) electrons. The Morgan fingerprint density at radius 3 is 2.25 bits per heavy atom. The first-order valence-electron chi connectivity index (χ1n) is 6.91. The second-order valence-electron chi connectivity index (χ2n) is 5.87.